The van der Waals surface area contributed by atoms with Crippen LogP contribution in [0.3, 0.4) is 0 Å². The first-order valence-corrected chi connectivity index (χ1v) is 6.58. The predicted molar refractivity (Wildman–Crippen MR) is 63.0 cm³/mol. The average Bonchev–Trinajstić information content (AvgIpc) is 2.68. The van der Waals surface area contributed by atoms with E-state index >= 15 is 0 Å². The molecule has 0 atom stereocenters. The predicted octanol–water partition coefficient (Wildman–Crippen LogP) is 2.55. The van der Waals surface area contributed by atoms with Crippen LogP contribution in [0.5, 0.6) is 0 Å². The van der Waals surface area contributed by atoms with Crippen LogP contribution in [0.15, 0.2) is 0 Å². The van der Waals surface area contributed by atoms with Gasteiger partial charge < -0.3 is 5.32 Å². The Balaban J connectivity index is 1.96. The fourth-order valence-corrected chi connectivity index (χ4v) is 3.18. The molecule has 1 N–H and O–H groups in total. The SMILES string of the molecule is CNCc1nnc(C2CCC(C)CC2)s1. The van der Waals surface area contributed by atoms with E-state index < -0.39 is 0 Å². The molecule has 1 saturated carbocycles. The largest absolute Gasteiger partial charge is 0.313 e. The van der Waals surface area contributed by atoms with E-state index in [1.54, 1.807) is 11.3 Å². The van der Waals surface area contributed by atoms with Crippen LogP contribution in [0.1, 0.15) is 48.5 Å². The van der Waals surface area contributed by atoms with Crippen LogP contribution in [-0.2, 0) is 6.54 Å². The van der Waals surface area contributed by atoms with E-state index in [0.29, 0.717) is 5.92 Å². The summed E-state index contributed by atoms with van der Waals surface area (Å²) in [6, 6.07) is 0. The molecule has 0 aliphatic heterocycles. The van der Waals surface area contributed by atoms with E-state index in [1.807, 2.05) is 7.05 Å². The van der Waals surface area contributed by atoms with Crippen LogP contribution < -0.4 is 5.32 Å². The molecule has 0 unspecified atom stereocenters. The van der Waals surface area contributed by atoms with Crippen molar-refractivity contribution in [2.45, 2.75) is 45.1 Å². The second-order valence-electron chi connectivity index (χ2n) is 4.52. The van der Waals surface area contributed by atoms with Crippen LogP contribution in [0.25, 0.3) is 0 Å². The molecule has 0 saturated heterocycles. The third kappa shape index (κ3) is 2.75. The summed E-state index contributed by atoms with van der Waals surface area (Å²) in [5, 5.41) is 14.0. The van der Waals surface area contributed by atoms with Gasteiger partial charge in [0, 0.05) is 12.5 Å². The van der Waals surface area contributed by atoms with Gasteiger partial charge in [-0.2, -0.15) is 0 Å². The molecule has 4 heteroatoms. The molecule has 1 aromatic heterocycles. The van der Waals surface area contributed by atoms with E-state index in [-0.39, 0.29) is 0 Å². The smallest absolute Gasteiger partial charge is 0.131 e. The van der Waals surface area contributed by atoms with Crippen LogP contribution in [0.4, 0.5) is 0 Å². The Morgan fingerprint density at radius 2 is 2.00 bits per heavy atom. The second kappa shape index (κ2) is 5.03. The van der Waals surface area contributed by atoms with Crippen LogP contribution in [0.2, 0.25) is 0 Å². The van der Waals surface area contributed by atoms with Gasteiger partial charge in [-0.05, 0) is 25.8 Å². The fourth-order valence-electron chi connectivity index (χ4n) is 2.16. The lowest BCUT2D eigenvalue weighted by atomic mass is 9.83. The maximum absolute atomic E-state index is 4.31. The fraction of sp³-hybridized carbons (Fsp3) is 0.818. The monoisotopic (exact) mass is 225 g/mol. The molecule has 1 aliphatic carbocycles. The summed E-state index contributed by atoms with van der Waals surface area (Å²) >= 11 is 1.78. The summed E-state index contributed by atoms with van der Waals surface area (Å²) in [6.07, 6.45) is 5.31. The first-order chi connectivity index (χ1) is 7.29. The Morgan fingerprint density at radius 1 is 1.27 bits per heavy atom. The third-order valence-corrected chi connectivity index (χ3v) is 4.26. The Kier molecular flexibility index (Phi) is 3.70. The summed E-state index contributed by atoms with van der Waals surface area (Å²) in [7, 11) is 1.95. The van der Waals surface area contributed by atoms with Gasteiger partial charge in [-0.1, -0.05) is 31.1 Å². The molecule has 1 aromatic rings. The molecule has 15 heavy (non-hydrogen) atoms. The highest BCUT2D eigenvalue weighted by atomic mass is 32.1. The standard InChI is InChI=1S/C11H19N3S/c1-8-3-5-9(6-4-8)11-14-13-10(15-11)7-12-2/h8-9,12H,3-7H2,1-2H3. The zero-order chi connectivity index (χ0) is 10.7. The minimum absolute atomic E-state index is 0.685. The molecule has 0 radical (unpaired) electrons. The van der Waals surface area contributed by atoms with Crippen molar-refractivity contribution in [2.75, 3.05) is 7.05 Å². The molecule has 0 bridgehead atoms. The van der Waals surface area contributed by atoms with E-state index in [1.165, 1.54) is 30.7 Å². The third-order valence-electron chi connectivity index (χ3n) is 3.18. The summed E-state index contributed by atoms with van der Waals surface area (Å²) in [5.41, 5.74) is 0. The van der Waals surface area contributed by atoms with Crippen molar-refractivity contribution in [3.63, 3.8) is 0 Å². The molecular weight excluding hydrogens is 206 g/mol. The Labute approximate surface area is 95.3 Å². The first-order valence-electron chi connectivity index (χ1n) is 5.76. The van der Waals surface area contributed by atoms with Gasteiger partial charge in [0.1, 0.15) is 10.0 Å². The molecule has 84 valence electrons. The van der Waals surface area contributed by atoms with Crippen molar-refractivity contribution in [3.8, 4) is 0 Å². The lowest BCUT2D eigenvalue weighted by Gasteiger charge is -2.23. The first kappa shape index (κ1) is 11.0. The zero-order valence-electron chi connectivity index (χ0n) is 9.49. The van der Waals surface area contributed by atoms with Crippen molar-refractivity contribution in [1.29, 1.82) is 0 Å². The Bertz CT molecular complexity index is 303. The van der Waals surface area contributed by atoms with Gasteiger partial charge in [-0.25, -0.2) is 0 Å². The number of rotatable bonds is 3. The topological polar surface area (TPSA) is 37.8 Å². The number of hydrogen-bond acceptors (Lipinski definition) is 4. The summed E-state index contributed by atoms with van der Waals surface area (Å²) in [6.45, 7) is 3.20. The summed E-state index contributed by atoms with van der Waals surface area (Å²) in [4.78, 5) is 0. The van der Waals surface area contributed by atoms with Crippen LogP contribution in [-0.4, -0.2) is 17.2 Å². The Morgan fingerprint density at radius 3 is 2.67 bits per heavy atom. The van der Waals surface area contributed by atoms with E-state index in [4.69, 9.17) is 0 Å². The van der Waals surface area contributed by atoms with Gasteiger partial charge in [0.2, 0.25) is 0 Å². The maximum atomic E-state index is 4.31. The molecule has 1 heterocycles. The maximum Gasteiger partial charge on any atom is 0.131 e. The molecule has 0 amide bonds. The summed E-state index contributed by atoms with van der Waals surface area (Å²) in [5.74, 6) is 1.59. The molecule has 3 nitrogen and oxygen atoms in total. The van der Waals surface area contributed by atoms with Gasteiger partial charge in [-0.15, -0.1) is 10.2 Å². The second-order valence-corrected chi connectivity index (χ2v) is 5.61. The van der Waals surface area contributed by atoms with Gasteiger partial charge in [0.05, 0.1) is 0 Å². The lowest BCUT2D eigenvalue weighted by molar-refractivity contribution is 0.346. The molecule has 0 aromatic carbocycles. The van der Waals surface area contributed by atoms with Gasteiger partial charge in [0.15, 0.2) is 0 Å². The van der Waals surface area contributed by atoms with Crippen LogP contribution in [0, 0.1) is 5.92 Å². The van der Waals surface area contributed by atoms with E-state index in [0.717, 1.165) is 17.5 Å². The van der Waals surface area contributed by atoms with Crippen molar-refractivity contribution in [2.24, 2.45) is 5.92 Å². The molecular formula is C11H19N3S. The van der Waals surface area contributed by atoms with Crippen molar-refractivity contribution in [3.05, 3.63) is 10.0 Å². The minimum atomic E-state index is 0.685. The number of aromatic nitrogens is 2. The number of nitrogens with zero attached hydrogens (tertiary/aromatic N) is 2. The molecule has 1 aliphatic rings. The van der Waals surface area contributed by atoms with Crippen molar-refractivity contribution < 1.29 is 0 Å². The average molecular weight is 225 g/mol. The highest BCUT2D eigenvalue weighted by Gasteiger charge is 2.22. The highest BCUT2D eigenvalue weighted by Crippen LogP contribution is 2.36. The lowest BCUT2D eigenvalue weighted by Crippen LogP contribution is -2.10. The number of hydrogen-bond donors (Lipinski definition) is 1. The van der Waals surface area contributed by atoms with Gasteiger partial charge >= 0.3 is 0 Å². The van der Waals surface area contributed by atoms with Crippen molar-refractivity contribution >= 4 is 11.3 Å². The van der Waals surface area contributed by atoms with Crippen molar-refractivity contribution in [1.82, 2.24) is 15.5 Å². The summed E-state index contributed by atoms with van der Waals surface area (Å²) < 4.78 is 0. The molecule has 1 fully saturated rings. The van der Waals surface area contributed by atoms with E-state index in [2.05, 4.69) is 22.4 Å². The molecule has 0 spiro atoms. The minimum Gasteiger partial charge on any atom is -0.313 e. The van der Waals surface area contributed by atoms with Gasteiger partial charge in [0.25, 0.3) is 0 Å². The van der Waals surface area contributed by atoms with E-state index in [9.17, 15) is 0 Å². The van der Waals surface area contributed by atoms with Crippen LogP contribution >= 0.6 is 11.3 Å². The van der Waals surface area contributed by atoms with Gasteiger partial charge in [-0.3, -0.25) is 0 Å². The number of nitrogens with one attached hydrogen (secondary N) is 1. The Hall–Kier alpha value is -0.480. The quantitative estimate of drug-likeness (QED) is 0.859. The zero-order valence-corrected chi connectivity index (χ0v) is 10.3. The highest BCUT2D eigenvalue weighted by molar-refractivity contribution is 7.11. The normalized spacial score (nSPS) is 26.8. The molecule has 2 rings (SSSR count).